The zero-order valence-corrected chi connectivity index (χ0v) is 18.2. The third-order valence-corrected chi connectivity index (χ3v) is 7.93. The number of fused-ring (bicyclic) bond motifs is 1. The molecule has 0 bridgehead atoms. The molecule has 1 aromatic heterocycles. The summed E-state index contributed by atoms with van der Waals surface area (Å²) in [6.45, 7) is 8.38. The molecule has 2 heterocycles. The first kappa shape index (κ1) is 19.4. The Morgan fingerprint density at radius 2 is 1.67 bits per heavy atom. The maximum atomic E-state index is 6.21. The molecular weight excluding hydrogens is 355 g/mol. The van der Waals surface area contributed by atoms with E-state index in [2.05, 4.69) is 64.9 Å². The summed E-state index contributed by atoms with van der Waals surface area (Å²) in [6, 6.07) is 7.20. The molecular formula is C21H31BN2O2S. The van der Waals surface area contributed by atoms with Gasteiger partial charge in [-0.05, 0) is 85.1 Å². The number of aromatic nitrogens is 1. The molecule has 4 rings (SSSR count). The lowest BCUT2D eigenvalue weighted by Crippen LogP contribution is -2.41. The summed E-state index contributed by atoms with van der Waals surface area (Å²) in [5.41, 5.74) is 1.52. The van der Waals surface area contributed by atoms with Gasteiger partial charge in [0.1, 0.15) is 0 Å². The Hall–Kier alpha value is -0.945. The number of hydrogen-bond acceptors (Lipinski definition) is 5. The van der Waals surface area contributed by atoms with Crippen LogP contribution in [0.15, 0.2) is 18.2 Å². The van der Waals surface area contributed by atoms with Gasteiger partial charge in [0, 0.05) is 12.0 Å². The van der Waals surface area contributed by atoms with E-state index in [-0.39, 0.29) is 18.3 Å². The van der Waals surface area contributed by atoms with E-state index in [1.807, 2.05) is 11.3 Å². The lowest BCUT2D eigenvalue weighted by Gasteiger charge is -2.32. The summed E-state index contributed by atoms with van der Waals surface area (Å²) in [6.07, 6.45) is 5.03. The van der Waals surface area contributed by atoms with Crippen molar-refractivity contribution in [2.45, 2.75) is 76.5 Å². The van der Waals surface area contributed by atoms with E-state index in [0.717, 1.165) is 17.0 Å². The topological polar surface area (TPSA) is 34.6 Å². The molecule has 0 spiro atoms. The van der Waals surface area contributed by atoms with Crippen LogP contribution in [-0.4, -0.2) is 48.3 Å². The van der Waals surface area contributed by atoms with Crippen molar-refractivity contribution in [3.8, 4) is 0 Å². The van der Waals surface area contributed by atoms with Crippen molar-refractivity contribution in [2.75, 3.05) is 14.1 Å². The van der Waals surface area contributed by atoms with Crippen LogP contribution in [0.1, 0.15) is 64.3 Å². The first-order valence-corrected chi connectivity index (χ1v) is 10.9. The summed E-state index contributed by atoms with van der Waals surface area (Å²) >= 11 is 1.86. The highest BCUT2D eigenvalue weighted by Gasteiger charge is 2.51. The van der Waals surface area contributed by atoms with E-state index in [4.69, 9.17) is 14.3 Å². The first-order valence-electron chi connectivity index (χ1n) is 10.1. The number of thiazole rings is 1. The molecule has 0 atom stereocenters. The molecule has 6 heteroatoms. The largest absolute Gasteiger partial charge is 0.494 e. The second-order valence-corrected chi connectivity index (χ2v) is 10.4. The average molecular weight is 386 g/mol. The Bertz CT molecular complexity index is 809. The molecule has 2 aliphatic rings. The summed E-state index contributed by atoms with van der Waals surface area (Å²) in [7, 11) is 4.07. The molecule has 0 unspecified atom stereocenters. The van der Waals surface area contributed by atoms with Crippen LogP contribution in [0.3, 0.4) is 0 Å². The van der Waals surface area contributed by atoms with Gasteiger partial charge in [0.15, 0.2) is 0 Å². The predicted molar refractivity (Wildman–Crippen MR) is 114 cm³/mol. The van der Waals surface area contributed by atoms with Crippen LogP contribution < -0.4 is 5.46 Å². The van der Waals surface area contributed by atoms with Gasteiger partial charge in [-0.3, -0.25) is 0 Å². The lowest BCUT2D eigenvalue weighted by atomic mass is 9.79. The van der Waals surface area contributed by atoms with Crippen molar-refractivity contribution < 1.29 is 9.31 Å². The van der Waals surface area contributed by atoms with Crippen molar-refractivity contribution in [3.05, 3.63) is 23.2 Å². The molecule has 27 heavy (non-hydrogen) atoms. The molecule has 1 saturated carbocycles. The van der Waals surface area contributed by atoms with Gasteiger partial charge in [0.2, 0.25) is 0 Å². The van der Waals surface area contributed by atoms with Crippen molar-refractivity contribution >= 4 is 34.1 Å². The van der Waals surface area contributed by atoms with Gasteiger partial charge in [0.25, 0.3) is 0 Å². The Labute approximate surface area is 167 Å². The van der Waals surface area contributed by atoms with Crippen LogP contribution in [0.5, 0.6) is 0 Å². The Kier molecular flexibility index (Phi) is 4.90. The molecule has 2 fully saturated rings. The van der Waals surface area contributed by atoms with E-state index < -0.39 is 0 Å². The maximum absolute atomic E-state index is 6.21. The quantitative estimate of drug-likeness (QED) is 0.742. The standard InChI is InChI=1S/C21H31BN2O2S/c1-20(2)21(3,4)26-22(25-20)15-9-12-18-17(13-15)23-19(27-18)14-7-10-16(11-8-14)24(5)6/h9,12-14,16H,7-8,10-11H2,1-6H3. The number of hydrogen-bond donors (Lipinski definition) is 0. The van der Waals surface area contributed by atoms with Gasteiger partial charge < -0.3 is 14.2 Å². The summed E-state index contributed by atoms with van der Waals surface area (Å²) in [5.74, 6) is 0.610. The van der Waals surface area contributed by atoms with E-state index in [0.29, 0.717) is 5.92 Å². The minimum absolute atomic E-state index is 0.315. The van der Waals surface area contributed by atoms with Gasteiger partial charge >= 0.3 is 7.12 Å². The van der Waals surface area contributed by atoms with Crippen LogP contribution >= 0.6 is 11.3 Å². The van der Waals surface area contributed by atoms with Crippen LogP contribution in [0, 0.1) is 0 Å². The summed E-state index contributed by atoms with van der Waals surface area (Å²) < 4.78 is 13.7. The minimum atomic E-state index is -0.319. The first-order chi connectivity index (χ1) is 12.7. The molecule has 4 nitrogen and oxygen atoms in total. The summed E-state index contributed by atoms with van der Waals surface area (Å²) in [5, 5.41) is 1.30. The van der Waals surface area contributed by atoms with Crippen LogP contribution in [0.25, 0.3) is 10.2 Å². The zero-order chi connectivity index (χ0) is 19.4. The second kappa shape index (κ2) is 6.84. The minimum Gasteiger partial charge on any atom is -0.399 e. The molecule has 2 aromatic rings. The van der Waals surface area contributed by atoms with E-state index in [1.165, 1.54) is 35.4 Å². The van der Waals surface area contributed by atoms with E-state index in [9.17, 15) is 0 Å². The highest BCUT2D eigenvalue weighted by Crippen LogP contribution is 2.39. The van der Waals surface area contributed by atoms with Crippen LogP contribution in [0.2, 0.25) is 0 Å². The molecule has 0 N–H and O–H groups in total. The number of rotatable bonds is 3. The van der Waals surface area contributed by atoms with Gasteiger partial charge in [-0.1, -0.05) is 6.07 Å². The maximum Gasteiger partial charge on any atom is 0.494 e. The molecule has 1 saturated heterocycles. The van der Waals surface area contributed by atoms with Crippen LogP contribution in [0.4, 0.5) is 0 Å². The van der Waals surface area contributed by atoms with E-state index in [1.54, 1.807) is 0 Å². The number of benzene rings is 1. The molecule has 0 radical (unpaired) electrons. The zero-order valence-electron chi connectivity index (χ0n) is 17.4. The number of nitrogens with zero attached hydrogens (tertiary/aromatic N) is 2. The van der Waals surface area contributed by atoms with Gasteiger partial charge in [-0.25, -0.2) is 4.98 Å². The SMILES string of the molecule is CN(C)C1CCC(c2nc3cc(B4OC(C)(C)C(C)(C)O4)ccc3s2)CC1. The van der Waals surface area contributed by atoms with Gasteiger partial charge in [-0.15, -0.1) is 11.3 Å². The van der Waals surface area contributed by atoms with Crippen molar-refractivity contribution in [2.24, 2.45) is 0 Å². The smallest absolute Gasteiger partial charge is 0.399 e. The normalized spacial score (nSPS) is 27.6. The highest BCUT2D eigenvalue weighted by molar-refractivity contribution is 7.18. The van der Waals surface area contributed by atoms with Crippen molar-refractivity contribution in [1.82, 2.24) is 9.88 Å². The molecule has 1 aliphatic carbocycles. The monoisotopic (exact) mass is 386 g/mol. The van der Waals surface area contributed by atoms with Crippen LogP contribution in [-0.2, 0) is 9.31 Å². The fourth-order valence-electron chi connectivity index (χ4n) is 4.10. The third kappa shape index (κ3) is 3.57. The average Bonchev–Trinajstić information content (AvgIpc) is 3.12. The Morgan fingerprint density at radius 1 is 1.04 bits per heavy atom. The Morgan fingerprint density at radius 3 is 2.26 bits per heavy atom. The molecule has 1 aliphatic heterocycles. The molecule has 1 aromatic carbocycles. The molecule has 0 amide bonds. The van der Waals surface area contributed by atoms with Gasteiger partial charge in [-0.2, -0.15) is 0 Å². The predicted octanol–water partition coefficient (Wildman–Crippen LogP) is 4.18. The fraction of sp³-hybridized carbons (Fsp3) is 0.667. The second-order valence-electron chi connectivity index (χ2n) is 9.34. The third-order valence-electron chi connectivity index (χ3n) is 6.73. The molecule has 146 valence electrons. The lowest BCUT2D eigenvalue weighted by molar-refractivity contribution is 0.00578. The Balaban J connectivity index is 1.53. The van der Waals surface area contributed by atoms with E-state index >= 15 is 0 Å². The van der Waals surface area contributed by atoms with Gasteiger partial charge in [0.05, 0.1) is 26.4 Å². The summed E-state index contributed by atoms with van der Waals surface area (Å²) in [4.78, 5) is 7.37. The highest BCUT2D eigenvalue weighted by atomic mass is 32.1. The van der Waals surface area contributed by atoms with Crippen molar-refractivity contribution in [1.29, 1.82) is 0 Å². The fourth-order valence-corrected chi connectivity index (χ4v) is 5.22. The van der Waals surface area contributed by atoms with Crippen molar-refractivity contribution in [3.63, 3.8) is 0 Å².